The van der Waals surface area contributed by atoms with E-state index in [4.69, 9.17) is 4.98 Å². The molecule has 1 amide bonds. The molecule has 0 saturated carbocycles. The van der Waals surface area contributed by atoms with Gasteiger partial charge >= 0.3 is 0 Å². The van der Waals surface area contributed by atoms with Gasteiger partial charge in [0.05, 0.1) is 11.0 Å². The average Bonchev–Trinajstić information content (AvgIpc) is 3.45. The van der Waals surface area contributed by atoms with E-state index in [9.17, 15) is 9.59 Å². The standard InChI is InChI=1S/C28H27N3O2/c1-31-24-13-6-5-12-23(24)29-28(31)27(20-8-3-2-4-9-20)30-26(33)17-16-25(32)22-15-14-19-10-7-11-21(19)18-22/h2-6,8-9,12-15,18,27H,7,10-11,16-17H2,1H3,(H,30,33). The lowest BCUT2D eigenvalue weighted by Crippen LogP contribution is -2.31. The Morgan fingerprint density at radius 2 is 1.70 bits per heavy atom. The summed E-state index contributed by atoms with van der Waals surface area (Å²) in [6.07, 6.45) is 3.61. The number of carbonyl (C=O) groups is 2. The minimum Gasteiger partial charge on any atom is -0.342 e. The summed E-state index contributed by atoms with van der Waals surface area (Å²) >= 11 is 0. The van der Waals surface area contributed by atoms with Gasteiger partial charge in [-0.15, -0.1) is 0 Å². The van der Waals surface area contributed by atoms with Crippen molar-refractivity contribution in [2.45, 2.75) is 38.1 Å². The summed E-state index contributed by atoms with van der Waals surface area (Å²) in [6, 6.07) is 23.3. The van der Waals surface area contributed by atoms with Gasteiger partial charge in [0.2, 0.25) is 5.91 Å². The van der Waals surface area contributed by atoms with Gasteiger partial charge in [-0.2, -0.15) is 0 Å². The molecule has 166 valence electrons. The van der Waals surface area contributed by atoms with E-state index in [0.29, 0.717) is 5.56 Å². The number of fused-ring (bicyclic) bond motifs is 2. The number of nitrogens with zero attached hydrogens (tertiary/aromatic N) is 2. The highest BCUT2D eigenvalue weighted by Gasteiger charge is 2.23. The highest BCUT2D eigenvalue weighted by atomic mass is 16.2. The Morgan fingerprint density at radius 3 is 2.52 bits per heavy atom. The summed E-state index contributed by atoms with van der Waals surface area (Å²) in [4.78, 5) is 30.5. The number of nitrogens with one attached hydrogen (secondary N) is 1. The number of para-hydroxylation sites is 2. The molecule has 0 aliphatic heterocycles. The number of amides is 1. The molecule has 5 nitrogen and oxygen atoms in total. The van der Waals surface area contributed by atoms with Crippen molar-refractivity contribution in [2.24, 2.45) is 7.05 Å². The highest BCUT2D eigenvalue weighted by molar-refractivity contribution is 5.98. The number of rotatable bonds is 7. The molecule has 1 aliphatic carbocycles. The Hall–Kier alpha value is -3.73. The second kappa shape index (κ2) is 9.02. The first kappa shape index (κ1) is 21.1. The average molecular weight is 438 g/mol. The third-order valence-corrected chi connectivity index (χ3v) is 6.52. The van der Waals surface area contributed by atoms with Gasteiger partial charge in [-0.05, 0) is 54.2 Å². The van der Waals surface area contributed by atoms with Crippen molar-refractivity contribution in [1.29, 1.82) is 0 Å². The second-order valence-corrected chi connectivity index (χ2v) is 8.69. The van der Waals surface area contributed by atoms with Gasteiger partial charge in [-0.25, -0.2) is 4.98 Å². The normalized spacial score (nSPS) is 13.6. The Labute approximate surface area is 193 Å². The van der Waals surface area contributed by atoms with Crippen molar-refractivity contribution < 1.29 is 9.59 Å². The summed E-state index contributed by atoms with van der Waals surface area (Å²) in [6.45, 7) is 0. The summed E-state index contributed by atoms with van der Waals surface area (Å²) in [7, 11) is 1.96. The number of aromatic nitrogens is 2. The Kier molecular flexibility index (Phi) is 5.78. The van der Waals surface area contributed by atoms with Crippen molar-refractivity contribution in [3.63, 3.8) is 0 Å². The fraction of sp³-hybridized carbons (Fsp3) is 0.250. The van der Waals surface area contributed by atoms with Crippen LogP contribution in [0, 0.1) is 0 Å². The predicted molar refractivity (Wildman–Crippen MR) is 129 cm³/mol. The molecule has 4 aromatic rings. The van der Waals surface area contributed by atoms with Gasteiger partial charge in [0.15, 0.2) is 5.78 Å². The number of imidazole rings is 1. The molecule has 1 heterocycles. The monoisotopic (exact) mass is 437 g/mol. The van der Waals surface area contributed by atoms with Crippen molar-refractivity contribution in [1.82, 2.24) is 14.9 Å². The van der Waals surface area contributed by atoms with E-state index in [2.05, 4.69) is 11.4 Å². The lowest BCUT2D eigenvalue weighted by atomic mass is 10.0. The van der Waals surface area contributed by atoms with E-state index in [0.717, 1.165) is 41.7 Å². The van der Waals surface area contributed by atoms with Crippen LogP contribution in [0.1, 0.15) is 58.2 Å². The minimum absolute atomic E-state index is 0.0128. The van der Waals surface area contributed by atoms with Crippen LogP contribution in [-0.2, 0) is 24.7 Å². The van der Waals surface area contributed by atoms with E-state index in [1.54, 1.807) is 0 Å². The molecule has 5 rings (SSSR count). The zero-order valence-corrected chi connectivity index (χ0v) is 18.8. The zero-order chi connectivity index (χ0) is 22.8. The van der Waals surface area contributed by atoms with E-state index < -0.39 is 6.04 Å². The number of benzene rings is 3. The van der Waals surface area contributed by atoms with Crippen molar-refractivity contribution >= 4 is 22.7 Å². The van der Waals surface area contributed by atoms with Gasteiger partial charge in [0.1, 0.15) is 11.9 Å². The minimum atomic E-state index is -0.397. The molecule has 1 unspecified atom stereocenters. The topological polar surface area (TPSA) is 64.0 Å². The quantitative estimate of drug-likeness (QED) is 0.417. The fourth-order valence-electron chi connectivity index (χ4n) is 4.71. The smallest absolute Gasteiger partial charge is 0.221 e. The summed E-state index contributed by atoms with van der Waals surface area (Å²) in [5.74, 6) is 0.616. The molecule has 1 aliphatic rings. The number of Topliss-reactive ketones (excluding diaryl/α,β-unsaturated/α-hetero) is 1. The van der Waals surface area contributed by atoms with Crippen LogP contribution in [0.5, 0.6) is 0 Å². The molecule has 1 atom stereocenters. The van der Waals surface area contributed by atoms with Crippen molar-refractivity contribution in [2.75, 3.05) is 0 Å². The maximum atomic E-state index is 12.9. The molecule has 1 aromatic heterocycles. The first-order valence-corrected chi connectivity index (χ1v) is 11.5. The third kappa shape index (κ3) is 4.31. The fourth-order valence-corrected chi connectivity index (χ4v) is 4.71. The van der Waals surface area contributed by atoms with Crippen LogP contribution in [0.2, 0.25) is 0 Å². The van der Waals surface area contributed by atoms with Crippen LogP contribution in [0.15, 0.2) is 72.8 Å². The SMILES string of the molecule is Cn1c(C(NC(=O)CCC(=O)c2ccc3c(c2)CCC3)c2ccccc2)nc2ccccc21. The first-order valence-electron chi connectivity index (χ1n) is 11.5. The van der Waals surface area contributed by atoms with E-state index in [1.165, 1.54) is 11.1 Å². The van der Waals surface area contributed by atoms with Crippen LogP contribution in [0.4, 0.5) is 0 Å². The molecule has 1 N–H and O–H groups in total. The highest BCUT2D eigenvalue weighted by Crippen LogP contribution is 2.26. The number of aryl methyl sites for hydroxylation is 3. The molecule has 33 heavy (non-hydrogen) atoms. The summed E-state index contributed by atoms with van der Waals surface area (Å²) in [5, 5.41) is 3.13. The number of ketones is 1. The predicted octanol–water partition coefficient (Wildman–Crippen LogP) is 4.93. The van der Waals surface area contributed by atoms with E-state index in [-0.39, 0.29) is 24.5 Å². The van der Waals surface area contributed by atoms with Crippen LogP contribution in [-0.4, -0.2) is 21.2 Å². The Bertz CT molecular complexity index is 1320. The van der Waals surface area contributed by atoms with Crippen LogP contribution < -0.4 is 5.32 Å². The van der Waals surface area contributed by atoms with Gasteiger partial charge in [-0.1, -0.05) is 54.6 Å². The van der Waals surface area contributed by atoms with Gasteiger partial charge in [0.25, 0.3) is 0 Å². The molecule has 0 bridgehead atoms. The zero-order valence-electron chi connectivity index (χ0n) is 18.8. The van der Waals surface area contributed by atoms with Crippen LogP contribution in [0.3, 0.4) is 0 Å². The number of hydrogen-bond donors (Lipinski definition) is 1. The summed E-state index contributed by atoms with van der Waals surface area (Å²) in [5.41, 5.74) is 6.17. The van der Waals surface area contributed by atoms with Crippen molar-refractivity contribution in [3.8, 4) is 0 Å². The number of hydrogen-bond acceptors (Lipinski definition) is 3. The molecule has 0 saturated heterocycles. The largest absolute Gasteiger partial charge is 0.342 e. The molecular weight excluding hydrogens is 410 g/mol. The molecule has 0 spiro atoms. The maximum Gasteiger partial charge on any atom is 0.221 e. The first-order chi connectivity index (χ1) is 16.1. The molecule has 5 heteroatoms. The van der Waals surface area contributed by atoms with Gasteiger partial charge < -0.3 is 9.88 Å². The lowest BCUT2D eigenvalue weighted by Gasteiger charge is -2.19. The molecule has 0 radical (unpaired) electrons. The Balaban J connectivity index is 1.33. The third-order valence-electron chi connectivity index (χ3n) is 6.52. The summed E-state index contributed by atoms with van der Waals surface area (Å²) < 4.78 is 2.02. The molecular formula is C28H27N3O2. The molecule has 0 fully saturated rings. The Morgan fingerprint density at radius 1 is 0.939 bits per heavy atom. The molecule has 3 aromatic carbocycles. The van der Waals surface area contributed by atoms with Gasteiger partial charge in [-0.3, -0.25) is 9.59 Å². The van der Waals surface area contributed by atoms with E-state index >= 15 is 0 Å². The van der Waals surface area contributed by atoms with Crippen LogP contribution >= 0.6 is 0 Å². The lowest BCUT2D eigenvalue weighted by molar-refractivity contribution is -0.121. The maximum absolute atomic E-state index is 12.9. The number of carbonyl (C=O) groups excluding carboxylic acids is 2. The van der Waals surface area contributed by atoms with Crippen molar-refractivity contribution in [3.05, 3.63) is 101 Å². The van der Waals surface area contributed by atoms with E-state index in [1.807, 2.05) is 78.3 Å². The van der Waals surface area contributed by atoms with Gasteiger partial charge in [0, 0.05) is 25.5 Å². The van der Waals surface area contributed by atoms with Crippen LogP contribution in [0.25, 0.3) is 11.0 Å². The second-order valence-electron chi connectivity index (χ2n) is 8.69.